The zero-order valence-electron chi connectivity index (χ0n) is 24.5. The number of urea groups is 1. The van der Waals surface area contributed by atoms with Crippen LogP contribution in [-0.2, 0) is 5.41 Å². The molecule has 14 heteroatoms. The molecular formula is C29H28Cl2IN7O4. The average Bonchev–Trinajstić information content (AvgIpc) is 3.41. The molecule has 224 valence electrons. The van der Waals surface area contributed by atoms with Gasteiger partial charge in [0.1, 0.15) is 27.9 Å². The number of rotatable bonds is 6. The van der Waals surface area contributed by atoms with Gasteiger partial charge >= 0.3 is 6.03 Å². The molecule has 0 fully saturated rings. The summed E-state index contributed by atoms with van der Waals surface area (Å²) in [7, 11) is 1.59. The number of H-pyrrole nitrogens is 1. The van der Waals surface area contributed by atoms with Crippen LogP contribution in [0.5, 0.6) is 17.2 Å². The fourth-order valence-corrected chi connectivity index (χ4v) is 4.27. The van der Waals surface area contributed by atoms with Gasteiger partial charge in [-0.3, -0.25) is 10.1 Å². The van der Waals surface area contributed by atoms with Crippen LogP contribution >= 0.6 is 45.8 Å². The van der Waals surface area contributed by atoms with Crippen molar-refractivity contribution in [1.29, 1.82) is 0 Å². The summed E-state index contributed by atoms with van der Waals surface area (Å²) < 4.78 is 19.0. The van der Waals surface area contributed by atoms with E-state index in [4.69, 9.17) is 39.1 Å². The number of hydrogen-bond donors (Lipinski definition) is 3. The van der Waals surface area contributed by atoms with Crippen LogP contribution in [0, 0.1) is 0 Å². The molecule has 0 aliphatic rings. The Hall–Kier alpha value is -3.88. The van der Waals surface area contributed by atoms with Gasteiger partial charge < -0.3 is 19.8 Å². The maximum atomic E-state index is 13.1. The van der Waals surface area contributed by atoms with Crippen LogP contribution in [0.25, 0.3) is 16.9 Å². The lowest BCUT2D eigenvalue weighted by Crippen LogP contribution is -2.21. The topological polar surface area (TPSA) is 136 Å². The van der Waals surface area contributed by atoms with E-state index in [1.54, 1.807) is 30.0 Å². The second kappa shape index (κ2) is 13.6. The highest BCUT2D eigenvalue weighted by molar-refractivity contribution is 14.1. The molecule has 0 radical (unpaired) electrons. The first-order valence-corrected chi connectivity index (χ1v) is 14.9. The summed E-state index contributed by atoms with van der Waals surface area (Å²) >= 11 is 15.0. The highest BCUT2D eigenvalue weighted by atomic mass is 127. The normalized spacial score (nSPS) is 11.3. The number of alkyl halides is 1. The SMILES string of the molecule is COc1ccc(-n2nc(C(C)(C)C)cc2NC(=O)Nc2ccc(Oc3ccnc4[nH]c(=O)cnc34)c(Cl)c2Cl)cc1.[2H]CI. The molecule has 0 aliphatic carbocycles. The number of aromatic amines is 1. The van der Waals surface area contributed by atoms with Crippen molar-refractivity contribution >= 4 is 74.5 Å². The number of amides is 2. The second-order valence-corrected chi connectivity index (χ2v) is 10.7. The molecule has 11 nitrogen and oxygen atoms in total. The number of methoxy groups -OCH3 is 1. The molecule has 2 amide bonds. The summed E-state index contributed by atoms with van der Waals surface area (Å²) in [5.74, 6) is 1.68. The lowest BCUT2D eigenvalue weighted by molar-refractivity contribution is 0.262. The number of nitrogens with zero attached hydrogens (tertiary/aromatic N) is 4. The number of fused-ring (bicyclic) bond motifs is 1. The first-order valence-electron chi connectivity index (χ1n) is 13.3. The molecule has 0 atom stereocenters. The van der Waals surface area contributed by atoms with Crippen molar-refractivity contribution in [3.05, 3.63) is 87.0 Å². The third kappa shape index (κ3) is 7.37. The van der Waals surface area contributed by atoms with E-state index < -0.39 is 11.6 Å². The van der Waals surface area contributed by atoms with Gasteiger partial charge in [-0.05, 0) is 41.3 Å². The Labute approximate surface area is 272 Å². The second-order valence-electron chi connectivity index (χ2n) is 9.95. The van der Waals surface area contributed by atoms with Crippen LogP contribution in [0.15, 0.2) is 65.7 Å². The number of aromatic nitrogens is 5. The fraction of sp³-hybridized carbons (Fsp3) is 0.207. The van der Waals surface area contributed by atoms with Crippen LogP contribution in [-0.4, -0.2) is 42.8 Å². The maximum absolute atomic E-state index is 13.1. The van der Waals surface area contributed by atoms with E-state index in [2.05, 4.69) is 25.6 Å². The molecule has 3 N–H and O–H groups in total. The Morgan fingerprint density at radius 2 is 1.77 bits per heavy atom. The highest BCUT2D eigenvalue weighted by Crippen LogP contribution is 2.40. The zero-order chi connectivity index (χ0) is 32.0. The lowest BCUT2D eigenvalue weighted by Gasteiger charge is -2.14. The number of benzene rings is 2. The van der Waals surface area contributed by atoms with Gasteiger partial charge in [-0.15, -0.1) is 0 Å². The minimum absolute atomic E-state index is 0.0668. The van der Waals surface area contributed by atoms with E-state index in [-0.39, 0.29) is 32.5 Å². The van der Waals surface area contributed by atoms with Gasteiger partial charge in [0.05, 0.1) is 35.4 Å². The summed E-state index contributed by atoms with van der Waals surface area (Å²) in [5.41, 5.74) is 1.73. The summed E-state index contributed by atoms with van der Waals surface area (Å²) in [4.78, 5) is 35.9. The molecule has 0 saturated heterocycles. The Kier molecular flexibility index (Phi) is 9.68. The van der Waals surface area contributed by atoms with Crippen molar-refractivity contribution in [3.8, 4) is 22.9 Å². The van der Waals surface area contributed by atoms with E-state index in [9.17, 15) is 9.59 Å². The molecular weight excluding hydrogens is 708 g/mol. The monoisotopic (exact) mass is 736 g/mol. The minimum Gasteiger partial charge on any atom is -0.497 e. The van der Waals surface area contributed by atoms with E-state index in [1.165, 1.54) is 6.20 Å². The summed E-state index contributed by atoms with van der Waals surface area (Å²) in [5, 5.41) is 10.4. The number of pyridine rings is 1. The van der Waals surface area contributed by atoms with Crippen molar-refractivity contribution in [2.24, 2.45) is 0 Å². The van der Waals surface area contributed by atoms with Gasteiger partial charge in [0.2, 0.25) is 0 Å². The van der Waals surface area contributed by atoms with Crippen LogP contribution in [0.1, 0.15) is 27.8 Å². The summed E-state index contributed by atoms with van der Waals surface area (Å²) in [6.07, 6.45) is 2.59. The number of ether oxygens (including phenoxy) is 2. The van der Waals surface area contributed by atoms with Crippen LogP contribution in [0.2, 0.25) is 10.0 Å². The van der Waals surface area contributed by atoms with Crippen LogP contribution < -0.4 is 25.7 Å². The Balaban J connectivity index is 0.00000141. The lowest BCUT2D eigenvalue weighted by atomic mass is 9.92. The number of halogens is 3. The summed E-state index contributed by atoms with van der Waals surface area (Å²) in [6.45, 7) is 6.10. The molecule has 0 bridgehead atoms. The van der Waals surface area contributed by atoms with Crippen molar-refractivity contribution in [3.63, 3.8) is 0 Å². The molecule has 5 aromatic rings. The smallest absolute Gasteiger partial charge is 0.324 e. The van der Waals surface area contributed by atoms with Gasteiger partial charge in [-0.25, -0.2) is 19.4 Å². The fourth-order valence-electron chi connectivity index (χ4n) is 3.86. The van der Waals surface area contributed by atoms with E-state index >= 15 is 0 Å². The van der Waals surface area contributed by atoms with E-state index in [0.717, 1.165) is 17.6 Å². The largest absolute Gasteiger partial charge is 0.497 e. The Morgan fingerprint density at radius 3 is 2.44 bits per heavy atom. The molecule has 43 heavy (non-hydrogen) atoms. The van der Waals surface area contributed by atoms with Crippen molar-refractivity contribution in [2.45, 2.75) is 26.2 Å². The molecule has 0 unspecified atom stereocenters. The number of carbonyl (C=O) groups is 1. The van der Waals surface area contributed by atoms with Crippen molar-refractivity contribution < 1.29 is 15.6 Å². The van der Waals surface area contributed by atoms with Gasteiger partial charge in [-0.1, -0.05) is 66.6 Å². The van der Waals surface area contributed by atoms with Crippen molar-refractivity contribution in [1.82, 2.24) is 24.7 Å². The molecule has 3 aromatic heterocycles. The number of hydrogen-bond acceptors (Lipinski definition) is 7. The van der Waals surface area contributed by atoms with Crippen LogP contribution in [0.4, 0.5) is 16.3 Å². The molecule has 0 aliphatic heterocycles. The molecule has 0 spiro atoms. The van der Waals surface area contributed by atoms with Gasteiger partial charge in [0, 0.05) is 25.1 Å². The van der Waals surface area contributed by atoms with E-state index in [0.29, 0.717) is 27.7 Å². The van der Waals surface area contributed by atoms with Crippen LogP contribution in [0.3, 0.4) is 0 Å². The molecule has 2 aromatic carbocycles. The standard InChI is InChI=1S/C28H25Cl2N7O4.CH3I/c1-28(2,3)20-13-21(37(36-20)15-5-7-16(40-4)8-6-15)34-27(39)33-17-9-10-18(24(30)23(17)29)41-19-11-12-31-26-25(19)32-14-22(38)35-26;1-2/h5-14H,1-4H3,(H,31,35,38)(H2,33,34,39);1H3/i;1D. The first-order chi connectivity index (χ1) is 20.9. The third-order valence-electron chi connectivity index (χ3n) is 5.99. The minimum atomic E-state index is -0.556. The van der Waals surface area contributed by atoms with Gasteiger partial charge in [-0.2, -0.15) is 5.10 Å². The average molecular weight is 737 g/mol. The van der Waals surface area contributed by atoms with Gasteiger partial charge in [0.25, 0.3) is 5.56 Å². The quantitative estimate of drug-likeness (QED) is 0.121. The first kappa shape index (κ1) is 30.6. The summed E-state index contributed by atoms with van der Waals surface area (Å²) in [6, 6.07) is 13.3. The Bertz CT molecular complexity index is 1840. The predicted octanol–water partition coefficient (Wildman–Crippen LogP) is 7.60. The highest BCUT2D eigenvalue weighted by Gasteiger charge is 2.22. The number of anilines is 2. The zero-order valence-corrected chi connectivity index (χ0v) is 27.2. The van der Waals surface area contributed by atoms with Crippen molar-refractivity contribution in [2.75, 3.05) is 22.6 Å². The Morgan fingerprint density at radius 1 is 1.05 bits per heavy atom. The van der Waals surface area contributed by atoms with Gasteiger partial charge in [0.15, 0.2) is 11.4 Å². The molecule has 0 saturated carbocycles. The third-order valence-corrected chi connectivity index (χ3v) is 6.86. The maximum Gasteiger partial charge on any atom is 0.324 e. The molecule has 3 heterocycles. The number of carbonyl (C=O) groups excluding carboxylic acids is 1. The molecule has 5 rings (SSSR count). The number of nitrogens with one attached hydrogen (secondary N) is 3. The van der Waals surface area contributed by atoms with E-state index in [1.807, 2.05) is 73.7 Å². The predicted molar refractivity (Wildman–Crippen MR) is 178 cm³/mol.